The zero-order chi connectivity index (χ0) is 20.4. The number of carbonyl (C=O) groups is 1. The first kappa shape index (κ1) is 19.9. The Morgan fingerprint density at radius 1 is 1.07 bits per heavy atom. The van der Waals surface area contributed by atoms with Gasteiger partial charge >= 0.3 is 0 Å². The molecule has 148 valence electrons. The van der Waals surface area contributed by atoms with Crippen LogP contribution in [0.3, 0.4) is 0 Å². The number of carbonyl (C=O) groups excluding carboxylic acids is 1. The van der Waals surface area contributed by atoms with Crippen molar-refractivity contribution < 1.29 is 4.79 Å². The third-order valence-electron chi connectivity index (χ3n) is 5.18. The van der Waals surface area contributed by atoms with Crippen molar-refractivity contribution in [3.8, 4) is 5.69 Å². The maximum Gasteiger partial charge on any atom is 0.251 e. The minimum atomic E-state index is -0.0742. The molecule has 3 rings (SSSR count). The fourth-order valence-corrected chi connectivity index (χ4v) is 3.79. The van der Waals surface area contributed by atoms with Crippen LogP contribution in [0.2, 0.25) is 0 Å². The molecule has 1 N–H and O–H groups in total. The molecular formula is C22H29N5O. The van der Waals surface area contributed by atoms with Gasteiger partial charge in [-0.05, 0) is 71.4 Å². The molecule has 1 aromatic carbocycles. The van der Waals surface area contributed by atoms with Crippen molar-refractivity contribution >= 4 is 5.91 Å². The standard InChI is InChI=1S/C22H29N5O/c1-7-20(21-16(5)25-26(8-2)17(21)6)23-22(28)18-9-11-19(12-10-18)27-15(4)13-14(3)24-27/h9-13,20H,7-8H2,1-6H3,(H,23,28)/t20-/m0/s1. The Balaban J connectivity index is 1.80. The van der Waals surface area contributed by atoms with Gasteiger partial charge in [0.1, 0.15) is 0 Å². The van der Waals surface area contributed by atoms with E-state index in [0.29, 0.717) is 5.56 Å². The molecule has 28 heavy (non-hydrogen) atoms. The van der Waals surface area contributed by atoms with Gasteiger partial charge in [-0.2, -0.15) is 10.2 Å². The number of amides is 1. The van der Waals surface area contributed by atoms with E-state index < -0.39 is 0 Å². The van der Waals surface area contributed by atoms with Gasteiger partial charge in [0.05, 0.1) is 23.1 Å². The van der Waals surface area contributed by atoms with E-state index in [1.54, 1.807) is 0 Å². The average Bonchev–Trinajstić information content (AvgIpc) is 3.17. The average molecular weight is 380 g/mol. The number of hydrogen-bond donors (Lipinski definition) is 1. The molecule has 6 nitrogen and oxygen atoms in total. The van der Waals surface area contributed by atoms with E-state index in [-0.39, 0.29) is 11.9 Å². The van der Waals surface area contributed by atoms with Gasteiger partial charge in [0.15, 0.2) is 0 Å². The SMILES string of the molecule is CC[C@H](NC(=O)c1ccc(-n2nc(C)cc2C)cc1)c1c(C)nn(CC)c1C. The fraction of sp³-hybridized carbons (Fsp3) is 0.409. The van der Waals surface area contributed by atoms with Crippen LogP contribution in [0.25, 0.3) is 5.69 Å². The smallest absolute Gasteiger partial charge is 0.251 e. The summed E-state index contributed by atoms with van der Waals surface area (Å²) in [5.74, 6) is -0.0742. The summed E-state index contributed by atoms with van der Waals surface area (Å²) in [5, 5.41) is 12.3. The van der Waals surface area contributed by atoms with E-state index in [1.807, 2.05) is 60.5 Å². The summed E-state index contributed by atoms with van der Waals surface area (Å²) in [6.45, 7) is 13.1. The number of aryl methyl sites for hydroxylation is 4. The Morgan fingerprint density at radius 2 is 1.75 bits per heavy atom. The summed E-state index contributed by atoms with van der Waals surface area (Å²) in [4.78, 5) is 12.8. The van der Waals surface area contributed by atoms with Crippen LogP contribution < -0.4 is 5.32 Å². The summed E-state index contributed by atoms with van der Waals surface area (Å²) in [6, 6.07) is 9.55. The van der Waals surface area contributed by atoms with E-state index in [9.17, 15) is 4.79 Å². The predicted octanol–water partition coefficient (Wildman–Crippen LogP) is 4.20. The summed E-state index contributed by atoms with van der Waals surface area (Å²) >= 11 is 0. The van der Waals surface area contributed by atoms with Crippen LogP contribution in [0, 0.1) is 27.7 Å². The van der Waals surface area contributed by atoms with Crippen molar-refractivity contribution in [2.45, 2.75) is 60.5 Å². The fourth-order valence-electron chi connectivity index (χ4n) is 3.79. The van der Waals surface area contributed by atoms with Crippen molar-refractivity contribution in [1.82, 2.24) is 24.9 Å². The van der Waals surface area contributed by atoms with Crippen LogP contribution in [0.5, 0.6) is 0 Å². The minimum absolute atomic E-state index is 0.0523. The molecule has 0 saturated carbocycles. The van der Waals surface area contributed by atoms with Gasteiger partial charge in [-0.25, -0.2) is 4.68 Å². The van der Waals surface area contributed by atoms with E-state index in [4.69, 9.17) is 0 Å². The highest BCUT2D eigenvalue weighted by Gasteiger charge is 2.21. The number of benzene rings is 1. The second-order valence-electron chi connectivity index (χ2n) is 7.22. The van der Waals surface area contributed by atoms with Gasteiger partial charge in [0.2, 0.25) is 0 Å². The first-order valence-electron chi connectivity index (χ1n) is 9.84. The Morgan fingerprint density at radius 3 is 2.25 bits per heavy atom. The van der Waals surface area contributed by atoms with E-state index >= 15 is 0 Å². The van der Waals surface area contributed by atoms with Crippen molar-refractivity contribution in [3.63, 3.8) is 0 Å². The Labute approximate surface area is 166 Å². The second kappa shape index (κ2) is 8.00. The highest BCUT2D eigenvalue weighted by Crippen LogP contribution is 2.25. The number of aromatic nitrogens is 4. The van der Waals surface area contributed by atoms with Crippen LogP contribution in [0.1, 0.15) is 65.0 Å². The second-order valence-corrected chi connectivity index (χ2v) is 7.22. The highest BCUT2D eigenvalue weighted by atomic mass is 16.1. The van der Waals surface area contributed by atoms with Gasteiger partial charge in [-0.1, -0.05) is 6.92 Å². The zero-order valence-corrected chi connectivity index (χ0v) is 17.6. The summed E-state index contributed by atoms with van der Waals surface area (Å²) in [7, 11) is 0. The molecule has 1 amide bonds. The van der Waals surface area contributed by atoms with Crippen molar-refractivity contribution in [3.05, 3.63) is 64.2 Å². The molecule has 2 aromatic heterocycles. The van der Waals surface area contributed by atoms with Gasteiger partial charge in [-0.3, -0.25) is 9.48 Å². The Bertz CT molecular complexity index is 981. The lowest BCUT2D eigenvalue weighted by Gasteiger charge is -2.18. The molecule has 0 aliphatic carbocycles. The Hall–Kier alpha value is -2.89. The van der Waals surface area contributed by atoms with Crippen LogP contribution in [-0.4, -0.2) is 25.5 Å². The number of rotatable bonds is 6. The minimum Gasteiger partial charge on any atom is -0.345 e. The summed E-state index contributed by atoms with van der Waals surface area (Å²) in [6.07, 6.45) is 0.812. The first-order valence-corrected chi connectivity index (χ1v) is 9.84. The van der Waals surface area contributed by atoms with E-state index in [1.165, 1.54) is 0 Å². The molecule has 0 spiro atoms. The largest absolute Gasteiger partial charge is 0.345 e. The van der Waals surface area contributed by atoms with Crippen molar-refractivity contribution in [2.75, 3.05) is 0 Å². The van der Waals surface area contributed by atoms with Crippen molar-refractivity contribution in [1.29, 1.82) is 0 Å². The van der Waals surface area contributed by atoms with Gasteiger partial charge < -0.3 is 5.32 Å². The molecule has 0 saturated heterocycles. The molecule has 0 fully saturated rings. The van der Waals surface area contributed by atoms with Gasteiger partial charge in [0, 0.05) is 29.1 Å². The maximum absolute atomic E-state index is 12.8. The lowest BCUT2D eigenvalue weighted by molar-refractivity contribution is 0.0935. The quantitative estimate of drug-likeness (QED) is 0.698. The summed E-state index contributed by atoms with van der Waals surface area (Å²) < 4.78 is 3.88. The summed E-state index contributed by atoms with van der Waals surface area (Å²) in [5.41, 5.74) is 6.85. The van der Waals surface area contributed by atoms with E-state index in [0.717, 1.165) is 47.0 Å². The third kappa shape index (κ3) is 3.72. The first-order chi connectivity index (χ1) is 13.3. The molecule has 0 unspecified atom stereocenters. The van der Waals surface area contributed by atoms with Crippen LogP contribution in [0.4, 0.5) is 0 Å². The molecular weight excluding hydrogens is 350 g/mol. The van der Waals surface area contributed by atoms with Gasteiger partial charge in [0.25, 0.3) is 5.91 Å². The molecule has 0 aliphatic heterocycles. The third-order valence-corrected chi connectivity index (χ3v) is 5.18. The molecule has 3 aromatic rings. The molecule has 6 heteroatoms. The highest BCUT2D eigenvalue weighted by molar-refractivity contribution is 5.94. The Kier molecular flexibility index (Phi) is 5.68. The molecule has 0 aliphatic rings. The molecule has 0 bridgehead atoms. The van der Waals surface area contributed by atoms with Crippen LogP contribution >= 0.6 is 0 Å². The van der Waals surface area contributed by atoms with Gasteiger partial charge in [-0.15, -0.1) is 0 Å². The predicted molar refractivity (Wildman–Crippen MR) is 111 cm³/mol. The molecule has 1 atom stereocenters. The van der Waals surface area contributed by atoms with Crippen LogP contribution in [-0.2, 0) is 6.54 Å². The normalized spacial score (nSPS) is 12.2. The number of nitrogens with one attached hydrogen (secondary N) is 1. The lowest BCUT2D eigenvalue weighted by atomic mass is 10.0. The van der Waals surface area contributed by atoms with Crippen molar-refractivity contribution in [2.24, 2.45) is 0 Å². The monoisotopic (exact) mass is 379 g/mol. The topological polar surface area (TPSA) is 64.7 Å². The molecule has 0 radical (unpaired) electrons. The number of hydrogen-bond acceptors (Lipinski definition) is 3. The molecule has 2 heterocycles. The zero-order valence-electron chi connectivity index (χ0n) is 17.6. The van der Waals surface area contributed by atoms with Crippen LogP contribution in [0.15, 0.2) is 30.3 Å². The lowest BCUT2D eigenvalue weighted by Crippen LogP contribution is -2.29. The maximum atomic E-state index is 12.8. The number of nitrogens with zero attached hydrogens (tertiary/aromatic N) is 4. The van der Waals surface area contributed by atoms with E-state index in [2.05, 4.69) is 36.3 Å².